The van der Waals surface area contributed by atoms with Gasteiger partial charge in [-0.05, 0) is 86.6 Å². The Hall–Kier alpha value is -4.87. The molecule has 1 aliphatic carbocycles. The minimum Gasteiger partial charge on any atom is -0.493 e. The highest BCUT2D eigenvalue weighted by molar-refractivity contribution is 8.00. The number of carbonyl (C=O) groups is 4. The lowest BCUT2D eigenvalue weighted by Crippen LogP contribution is -2.30. The fourth-order valence-electron chi connectivity index (χ4n) is 5.67. The molecule has 260 valence electrons. The Morgan fingerprint density at radius 2 is 1.74 bits per heavy atom. The van der Waals surface area contributed by atoms with Crippen LogP contribution in [0.2, 0.25) is 0 Å². The van der Waals surface area contributed by atoms with Gasteiger partial charge in [0.05, 0.1) is 24.5 Å². The zero-order valence-electron chi connectivity index (χ0n) is 28.5. The maximum atomic E-state index is 13.7. The number of esters is 1. The first-order valence-electron chi connectivity index (χ1n) is 16.6. The molecule has 1 aromatic heterocycles. The largest absolute Gasteiger partial charge is 0.493 e. The molecule has 0 saturated heterocycles. The molecule has 5 rings (SSSR count). The Balaban J connectivity index is 1.34. The highest BCUT2D eigenvalue weighted by Gasteiger charge is 2.30. The van der Waals surface area contributed by atoms with Crippen LogP contribution >= 0.6 is 23.1 Å². The van der Waals surface area contributed by atoms with Crippen molar-refractivity contribution in [3.05, 3.63) is 112 Å². The van der Waals surface area contributed by atoms with E-state index in [-0.39, 0.29) is 11.6 Å². The minimum atomic E-state index is -0.529. The molecule has 11 heteroatoms. The predicted molar refractivity (Wildman–Crippen MR) is 200 cm³/mol. The first-order chi connectivity index (χ1) is 24.2. The molecule has 2 unspecified atom stereocenters. The van der Waals surface area contributed by atoms with Gasteiger partial charge in [0.1, 0.15) is 16.4 Å². The molecule has 2 atom stereocenters. The summed E-state index contributed by atoms with van der Waals surface area (Å²) in [4.78, 5) is 55.1. The van der Waals surface area contributed by atoms with E-state index in [9.17, 15) is 19.2 Å². The zero-order valence-corrected chi connectivity index (χ0v) is 30.2. The third-order valence-corrected chi connectivity index (χ3v) is 10.7. The maximum absolute atomic E-state index is 13.7. The molecule has 1 heterocycles. The molecule has 0 bridgehead atoms. The molecule has 3 N–H and O–H groups in total. The lowest BCUT2D eigenvalue weighted by molar-refractivity contribution is -0.116. The average Bonchev–Trinajstić information content (AvgIpc) is 3.47. The lowest BCUT2D eigenvalue weighted by atomic mass is 9.88. The van der Waals surface area contributed by atoms with Crippen molar-refractivity contribution in [2.75, 3.05) is 24.4 Å². The van der Waals surface area contributed by atoms with Gasteiger partial charge in [0, 0.05) is 26.6 Å². The summed E-state index contributed by atoms with van der Waals surface area (Å²) in [6.07, 6.45) is 4.75. The smallest absolute Gasteiger partial charge is 0.341 e. The number of fused-ring (bicyclic) bond motifs is 1. The van der Waals surface area contributed by atoms with Crippen molar-refractivity contribution in [1.29, 1.82) is 0 Å². The van der Waals surface area contributed by atoms with Crippen molar-refractivity contribution in [3.63, 3.8) is 0 Å². The van der Waals surface area contributed by atoms with Crippen molar-refractivity contribution in [3.8, 4) is 5.75 Å². The maximum Gasteiger partial charge on any atom is 0.341 e. The molecule has 0 spiro atoms. The summed E-state index contributed by atoms with van der Waals surface area (Å²) < 4.78 is 10.8. The fourth-order valence-corrected chi connectivity index (χ4v) is 8.08. The summed E-state index contributed by atoms with van der Waals surface area (Å²) >= 11 is 2.82. The third-order valence-electron chi connectivity index (χ3n) is 8.22. The number of methoxy groups -OCH3 is 1. The molecule has 9 nitrogen and oxygen atoms in total. The van der Waals surface area contributed by atoms with Gasteiger partial charge in [-0.25, -0.2) is 4.79 Å². The van der Waals surface area contributed by atoms with Crippen LogP contribution in [0.5, 0.6) is 5.75 Å². The van der Waals surface area contributed by atoms with E-state index >= 15 is 0 Å². The Morgan fingerprint density at radius 3 is 2.48 bits per heavy atom. The first kappa shape index (κ1) is 36.4. The molecule has 4 aromatic rings. The van der Waals surface area contributed by atoms with Gasteiger partial charge >= 0.3 is 5.97 Å². The minimum absolute atomic E-state index is 0.0318. The van der Waals surface area contributed by atoms with Gasteiger partial charge in [0.2, 0.25) is 5.91 Å². The molecule has 1 aliphatic rings. The van der Waals surface area contributed by atoms with Gasteiger partial charge < -0.3 is 25.4 Å². The third kappa shape index (κ3) is 9.02. The molecule has 50 heavy (non-hydrogen) atoms. The van der Waals surface area contributed by atoms with Crippen molar-refractivity contribution >= 4 is 63.6 Å². The van der Waals surface area contributed by atoms with Crippen molar-refractivity contribution in [2.24, 2.45) is 5.92 Å². The number of benzene rings is 3. The van der Waals surface area contributed by atoms with Crippen LogP contribution in [-0.4, -0.2) is 42.7 Å². The van der Waals surface area contributed by atoms with Crippen molar-refractivity contribution < 1.29 is 28.7 Å². The van der Waals surface area contributed by atoms with Gasteiger partial charge in [-0.1, -0.05) is 56.3 Å². The predicted octanol–water partition coefficient (Wildman–Crippen LogP) is 7.98. The van der Waals surface area contributed by atoms with E-state index in [4.69, 9.17) is 9.47 Å². The van der Waals surface area contributed by atoms with Crippen LogP contribution in [0.25, 0.3) is 6.08 Å². The number of anilines is 2. The second kappa shape index (κ2) is 17.2. The number of amides is 3. The summed E-state index contributed by atoms with van der Waals surface area (Å²) in [5.41, 5.74) is 3.00. The zero-order chi connectivity index (χ0) is 35.6. The summed E-state index contributed by atoms with van der Waals surface area (Å²) in [6.45, 7) is 6.43. The Labute approximate surface area is 300 Å². The van der Waals surface area contributed by atoms with Gasteiger partial charge in [0.25, 0.3) is 11.8 Å². The van der Waals surface area contributed by atoms with Crippen molar-refractivity contribution in [1.82, 2.24) is 5.32 Å². The van der Waals surface area contributed by atoms with E-state index in [1.807, 2.05) is 38.1 Å². The van der Waals surface area contributed by atoms with Crippen LogP contribution in [-0.2, 0) is 27.2 Å². The molecular weight excluding hydrogens is 671 g/mol. The highest BCUT2D eigenvalue weighted by Crippen LogP contribution is 2.40. The second-order valence-corrected chi connectivity index (χ2v) is 14.3. The van der Waals surface area contributed by atoms with Gasteiger partial charge in [-0.15, -0.1) is 23.1 Å². The number of para-hydroxylation sites is 1. The number of nitrogens with one attached hydrogen (secondary N) is 3. The highest BCUT2D eigenvalue weighted by atomic mass is 32.2. The summed E-state index contributed by atoms with van der Waals surface area (Å²) in [5.74, 6) is -0.527. The Morgan fingerprint density at radius 1 is 0.980 bits per heavy atom. The van der Waals surface area contributed by atoms with E-state index in [0.29, 0.717) is 52.1 Å². The molecule has 0 fully saturated rings. The second-order valence-electron chi connectivity index (χ2n) is 11.9. The van der Waals surface area contributed by atoms with E-state index in [1.165, 1.54) is 30.2 Å². The van der Waals surface area contributed by atoms with E-state index in [0.717, 1.165) is 34.6 Å². The van der Waals surface area contributed by atoms with Crippen LogP contribution in [0.1, 0.15) is 70.3 Å². The monoisotopic (exact) mass is 711 g/mol. The van der Waals surface area contributed by atoms with E-state index in [1.54, 1.807) is 60.7 Å². The van der Waals surface area contributed by atoms with Gasteiger partial charge in [-0.2, -0.15) is 0 Å². The number of thiophene rings is 1. The quantitative estimate of drug-likeness (QED) is 0.0730. The van der Waals surface area contributed by atoms with Gasteiger partial charge in [-0.3, -0.25) is 14.4 Å². The first-order valence-corrected chi connectivity index (χ1v) is 18.3. The number of carbonyl (C=O) groups excluding carboxylic acids is 4. The molecule has 3 aromatic carbocycles. The standard InChI is InChI=1S/C39H41N3O6S2/c1-5-32(37(45)42-38-34(39(46)47-4)29-20-19-24(3)21-33(29)50-38)49-28-17-12-16-27(23-28)40-36(44)30(41-35(43)25-13-8-7-9-14-25)22-26-15-10-11-18-31(26)48-6-2/h7-18,22-24,32H,5-6,19-21H2,1-4H3,(H,40,44)(H,41,43)(H,42,45)/b30-22+. The fraction of sp³-hybridized carbons (Fsp3) is 0.282. The van der Waals surface area contributed by atoms with Crippen LogP contribution in [0.3, 0.4) is 0 Å². The lowest BCUT2D eigenvalue weighted by Gasteiger charge is -2.18. The van der Waals surface area contributed by atoms with Crippen LogP contribution in [0, 0.1) is 5.92 Å². The molecular formula is C39H41N3O6S2. The topological polar surface area (TPSA) is 123 Å². The number of hydrogen-bond acceptors (Lipinski definition) is 8. The SMILES string of the molecule is CCOc1ccccc1/C=C(/NC(=O)c1ccccc1)C(=O)Nc1cccc(SC(CC)C(=O)Nc2sc3c(c2C(=O)OC)CCC(C)C3)c1. The average molecular weight is 712 g/mol. The normalized spacial score (nSPS) is 14.6. The summed E-state index contributed by atoms with van der Waals surface area (Å²) in [6, 6.07) is 23.1. The number of hydrogen-bond donors (Lipinski definition) is 3. The summed E-state index contributed by atoms with van der Waals surface area (Å²) in [7, 11) is 1.36. The molecule has 0 radical (unpaired) electrons. The van der Waals surface area contributed by atoms with Crippen LogP contribution in [0.4, 0.5) is 10.7 Å². The Bertz CT molecular complexity index is 1890. The Kier molecular flexibility index (Phi) is 12.5. The molecule has 3 amide bonds. The van der Waals surface area contributed by atoms with E-state index < -0.39 is 23.0 Å². The molecule has 0 saturated carbocycles. The van der Waals surface area contributed by atoms with Crippen LogP contribution in [0.15, 0.2) is 89.5 Å². The number of thioether (sulfide) groups is 1. The summed E-state index contributed by atoms with van der Waals surface area (Å²) in [5, 5.41) is 8.76. The van der Waals surface area contributed by atoms with E-state index in [2.05, 4.69) is 22.9 Å². The number of rotatable bonds is 13. The van der Waals surface area contributed by atoms with Gasteiger partial charge in [0.15, 0.2) is 0 Å². The molecule has 0 aliphatic heterocycles. The van der Waals surface area contributed by atoms with Crippen molar-refractivity contribution in [2.45, 2.75) is 56.6 Å². The van der Waals surface area contributed by atoms with Crippen LogP contribution < -0.4 is 20.7 Å². The number of ether oxygens (including phenoxy) is 2.